The predicted molar refractivity (Wildman–Crippen MR) is 417 cm³/mol. The van der Waals surface area contributed by atoms with Gasteiger partial charge in [0.2, 0.25) is 0 Å². The summed E-state index contributed by atoms with van der Waals surface area (Å²) in [6, 6.07) is 70.5. The lowest BCUT2D eigenvalue weighted by molar-refractivity contribution is 0.295. The summed E-state index contributed by atoms with van der Waals surface area (Å²) in [5, 5.41) is 32.3. The third kappa shape index (κ3) is 8.55. The molecule has 0 heterocycles. The minimum Gasteiger partial charge on any atom is -0.493 e. The molecule has 482 valence electrons. The van der Waals surface area contributed by atoms with Gasteiger partial charge in [0.05, 0.1) is 26.4 Å². The number of unbranched alkanes of at least 4 members (excludes halogenated alkanes) is 12. The number of rotatable bonds is 24. The highest BCUT2D eigenvalue weighted by atomic mass is 16.5. The molecule has 0 saturated carbocycles. The highest BCUT2D eigenvalue weighted by Gasteiger charge is 2.36. The van der Waals surface area contributed by atoms with Crippen molar-refractivity contribution < 1.29 is 18.9 Å². The molecule has 0 aromatic heterocycles. The SMILES string of the molecule is CCCCCCOc1cc(OCCCCCC)c2c3cccc4c(=C5c6ccccc6-c6ccccc65)c5cccc6c7c(OCCCCCC)cc(OCCCCCC)c8c9cccc%10c(=C%11c%12ccccc%12-c%12ccccc%12%11)c%11cccc%12c1c2c1c(c%11%12)c(c%109)c(c87)c(c56)c1c43. The van der Waals surface area contributed by atoms with E-state index in [0.29, 0.717) is 26.4 Å². The quantitative estimate of drug-likeness (QED) is 0.0343. The number of hydrogen-bond donors (Lipinski definition) is 0. The van der Waals surface area contributed by atoms with Crippen molar-refractivity contribution in [2.45, 2.75) is 130 Å². The van der Waals surface area contributed by atoms with Crippen LogP contribution in [0, 0.1) is 0 Å². The Labute approximate surface area is 572 Å². The molecular formula is C94H82O4. The first kappa shape index (κ1) is 59.4. The standard InChI is InChI=1S/C94H82O4/c1-5-9-13-25-49-95-71-53-72(96-50-26-14-10-6-2)84-68-46-30-42-65-78(76-61-39-23-19-35-57(61)58-36-20-24-40-62(58)76)66-44-32-48-70-82(66)90-88(80(65)68)93-87-79-63(41-29-45-67(79)83(71)91(84)93)77(75-59-37-21-17-33-55(59)56-34-18-22-38-60(56)75)64-43-31-47-69-81(64)89(87)94(90)92-85(69)73(97-51-27-15-11-7-3)54-74(86(70)92)98-52-28-16-12-8-4/h17-24,29-48,53-54H,5-16,25-28,49-52H2,1-4H3. The van der Waals surface area contributed by atoms with Gasteiger partial charge in [0.1, 0.15) is 23.0 Å². The van der Waals surface area contributed by atoms with Crippen molar-refractivity contribution >= 4 is 140 Å². The van der Waals surface area contributed by atoms with Crippen LogP contribution in [0.1, 0.15) is 153 Å². The van der Waals surface area contributed by atoms with Gasteiger partial charge in [0.15, 0.2) is 0 Å². The molecule has 17 aromatic rings. The van der Waals surface area contributed by atoms with E-state index in [-0.39, 0.29) is 0 Å². The maximum atomic E-state index is 7.53. The number of fused-ring (bicyclic) bond motifs is 10. The van der Waals surface area contributed by atoms with Crippen LogP contribution in [0.3, 0.4) is 0 Å². The zero-order valence-corrected chi connectivity index (χ0v) is 57.1. The van der Waals surface area contributed by atoms with E-state index < -0.39 is 0 Å². The topological polar surface area (TPSA) is 36.9 Å². The average molecular weight is 1280 g/mol. The van der Waals surface area contributed by atoms with Crippen molar-refractivity contribution in [1.82, 2.24) is 0 Å². The Morgan fingerprint density at radius 2 is 0.408 bits per heavy atom. The van der Waals surface area contributed by atoms with E-state index in [0.717, 1.165) is 100 Å². The summed E-state index contributed by atoms with van der Waals surface area (Å²) < 4.78 is 30.1. The van der Waals surface area contributed by atoms with Crippen LogP contribution in [0.2, 0.25) is 0 Å². The van der Waals surface area contributed by atoms with Crippen LogP contribution in [-0.4, -0.2) is 26.4 Å². The normalized spacial score (nSPS) is 13.1. The molecule has 0 amide bonds. The summed E-state index contributed by atoms with van der Waals surface area (Å²) >= 11 is 0. The molecule has 0 aliphatic heterocycles. The second-order valence-corrected chi connectivity index (χ2v) is 28.5. The molecule has 98 heavy (non-hydrogen) atoms. The van der Waals surface area contributed by atoms with Crippen molar-refractivity contribution in [1.29, 1.82) is 0 Å². The van der Waals surface area contributed by atoms with Gasteiger partial charge in [0.25, 0.3) is 0 Å². The fourth-order valence-corrected chi connectivity index (χ4v) is 18.7. The molecule has 4 heteroatoms. The van der Waals surface area contributed by atoms with Gasteiger partial charge in [-0.3, -0.25) is 0 Å². The lowest BCUT2D eigenvalue weighted by Crippen LogP contribution is -2.09. The van der Waals surface area contributed by atoms with Crippen LogP contribution in [-0.2, 0) is 0 Å². The summed E-state index contributed by atoms with van der Waals surface area (Å²) in [6.45, 7) is 11.7. The van der Waals surface area contributed by atoms with Gasteiger partial charge in [-0.05, 0) is 178 Å². The minimum atomic E-state index is 0.618. The lowest BCUT2D eigenvalue weighted by Gasteiger charge is -2.27. The number of benzene rings is 15. The Morgan fingerprint density at radius 3 is 0.653 bits per heavy atom. The van der Waals surface area contributed by atoms with Crippen LogP contribution in [0.4, 0.5) is 0 Å². The fourth-order valence-electron chi connectivity index (χ4n) is 18.7. The van der Waals surface area contributed by atoms with Crippen LogP contribution in [0.15, 0.2) is 182 Å². The van der Waals surface area contributed by atoms with Crippen molar-refractivity contribution in [3.8, 4) is 45.3 Å². The molecule has 19 rings (SSSR count). The molecule has 0 fully saturated rings. The maximum Gasteiger partial charge on any atom is 0.131 e. The van der Waals surface area contributed by atoms with E-state index in [1.165, 1.54) is 221 Å². The molecule has 2 aliphatic rings. The Kier molecular flexibility index (Phi) is 14.5. The van der Waals surface area contributed by atoms with Gasteiger partial charge in [0, 0.05) is 55.2 Å². The van der Waals surface area contributed by atoms with Crippen LogP contribution < -0.4 is 29.4 Å². The molecule has 0 atom stereocenters. The Hall–Kier alpha value is -9.90. The third-order valence-electron chi connectivity index (χ3n) is 22.8. The predicted octanol–water partition coefficient (Wildman–Crippen LogP) is 25.0. The molecule has 4 nitrogen and oxygen atoms in total. The van der Waals surface area contributed by atoms with E-state index >= 15 is 0 Å². The van der Waals surface area contributed by atoms with Gasteiger partial charge in [-0.25, -0.2) is 0 Å². The van der Waals surface area contributed by atoms with E-state index in [1.54, 1.807) is 0 Å². The molecule has 17 aromatic carbocycles. The largest absolute Gasteiger partial charge is 0.493 e. The molecule has 0 unspecified atom stereocenters. The van der Waals surface area contributed by atoms with Crippen molar-refractivity contribution in [2.75, 3.05) is 26.4 Å². The molecule has 0 radical (unpaired) electrons. The Balaban J connectivity index is 1.14. The van der Waals surface area contributed by atoms with Gasteiger partial charge < -0.3 is 18.9 Å². The average Bonchev–Trinajstić information content (AvgIpc) is 0.955. The van der Waals surface area contributed by atoms with Gasteiger partial charge in [-0.15, -0.1) is 0 Å². The monoisotopic (exact) mass is 1270 g/mol. The fraction of sp³-hybridized carbons (Fsp3) is 0.255. The molecule has 0 spiro atoms. The zero-order chi connectivity index (χ0) is 65.3. The zero-order valence-electron chi connectivity index (χ0n) is 57.1. The second kappa shape index (κ2) is 24.0. The second-order valence-electron chi connectivity index (χ2n) is 28.5. The molecule has 2 aliphatic carbocycles. The highest BCUT2D eigenvalue weighted by Crippen LogP contribution is 2.62. The van der Waals surface area contributed by atoms with Crippen LogP contribution >= 0.6 is 0 Å². The van der Waals surface area contributed by atoms with E-state index in [9.17, 15) is 0 Å². The van der Waals surface area contributed by atoms with Gasteiger partial charge >= 0.3 is 0 Å². The first-order chi connectivity index (χ1) is 48.6. The summed E-state index contributed by atoms with van der Waals surface area (Å²) in [7, 11) is 0. The van der Waals surface area contributed by atoms with Crippen molar-refractivity contribution in [3.05, 3.63) is 215 Å². The molecule has 0 bridgehead atoms. The molecule has 0 saturated heterocycles. The summed E-state index contributed by atoms with van der Waals surface area (Å²) in [6.07, 6.45) is 17.7. The first-order valence-electron chi connectivity index (χ1n) is 37.2. The first-order valence-corrected chi connectivity index (χ1v) is 37.2. The number of ether oxygens (including phenoxy) is 4. The van der Waals surface area contributed by atoms with E-state index in [4.69, 9.17) is 18.9 Å². The Morgan fingerprint density at radius 1 is 0.194 bits per heavy atom. The van der Waals surface area contributed by atoms with E-state index in [2.05, 4.69) is 210 Å². The van der Waals surface area contributed by atoms with Crippen LogP contribution in [0.5, 0.6) is 23.0 Å². The smallest absolute Gasteiger partial charge is 0.131 e. The van der Waals surface area contributed by atoms with Crippen molar-refractivity contribution in [3.63, 3.8) is 0 Å². The molecule has 0 N–H and O–H groups in total. The Bertz CT molecular complexity index is 5400. The minimum absolute atomic E-state index is 0.618. The van der Waals surface area contributed by atoms with Gasteiger partial charge in [-0.1, -0.05) is 275 Å². The highest BCUT2D eigenvalue weighted by molar-refractivity contribution is 6.59. The van der Waals surface area contributed by atoms with E-state index in [1.807, 2.05) is 0 Å². The summed E-state index contributed by atoms with van der Waals surface area (Å²) in [5.41, 5.74) is 12.7. The number of hydrogen-bond acceptors (Lipinski definition) is 4. The third-order valence-corrected chi connectivity index (χ3v) is 22.8. The van der Waals surface area contributed by atoms with Crippen LogP contribution in [0.25, 0.3) is 163 Å². The van der Waals surface area contributed by atoms with Crippen molar-refractivity contribution in [2.24, 2.45) is 0 Å². The summed E-state index contributed by atoms with van der Waals surface area (Å²) in [4.78, 5) is 0. The maximum absolute atomic E-state index is 7.53. The van der Waals surface area contributed by atoms with Gasteiger partial charge in [-0.2, -0.15) is 0 Å². The summed E-state index contributed by atoms with van der Waals surface area (Å²) in [5.74, 6) is 3.61. The molecular weight excluding hydrogens is 1190 g/mol. The lowest BCUT2D eigenvalue weighted by atomic mass is 9.77.